The van der Waals surface area contributed by atoms with Gasteiger partial charge in [0.05, 0.1) is 0 Å². The maximum absolute atomic E-state index is 4.56. The largest absolute Gasteiger partial charge is 0.355 e. The summed E-state index contributed by atoms with van der Waals surface area (Å²) in [6, 6.07) is 0. The van der Waals surface area contributed by atoms with Gasteiger partial charge >= 0.3 is 0 Å². The Morgan fingerprint density at radius 1 is 0.960 bits per heavy atom. The standard InChI is InChI=1S/C19H37N5.HI/c1-3-22-13-15-23(16-14-22)12-10-21-18(20-2)24-11-9-19(17-24)7-5-4-6-8-19;/h3-17H2,1-2H3,(H,20,21);1H. The normalized spacial score (nSPS) is 25.2. The van der Waals surface area contributed by atoms with Crippen LogP contribution in [0, 0.1) is 5.41 Å². The van der Waals surface area contributed by atoms with Crippen molar-refractivity contribution in [3.63, 3.8) is 0 Å². The summed E-state index contributed by atoms with van der Waals surface area (Å²) in [5.74, 6) is 1.13. The highest BCUT2D eigenvalue weighted by molar-refractivity contribution is 14.0. The van der Waals surface area contributed by atoms with Crippen molar-refractivity contribution in [1.29, 1.82) is 0 Å². The van der Waals surface area contributed by atoms with Gasteiger partial charge in [-0.05, 0) is 31.2 Å². The topological polar surface area (TPSA) is 34.1 Å². The van der Waals surface area contributed by atoms with E-state index >= 15 is 0 Å². The molecule has 0 radical (unpaired) electrons. The fourth-order valence-corrected chi connectivity index (χ4v) is 4.81. The van der Waals surface area contributed by atoms with E-state index < -0.39 is 0 Å². The van der Waals surface area contributed by atoms with Gasteiger partial charge in [-0.25, -0.2) is 0 Å². The molecule has 2 heterocycles. The highest BCUT2D eigenvalue weighted by atomic mass is 127. The molecule has 1 aliphatic carbocycles. The molecule has 6 heteroatoms. The Labute approximate surface area is 171 Å². The molecule has 3 aliphatic rings. The number of hydrogen-bond donors (Lipinski definition) is 1. The van der Waals surface area contributed by atoms with E-state index in [2.05, 4.69) is 31.9 Å². The molecule has 3 fully saturated rings. The number of likely N-dealkylation sites (N-methyl/N-ethyl adjacent to an activating group) is 1. The van der Waals surface area contributed by atoms with Crippen LogP contribution in [0.3, 0.4) is 0 Å². The lowest BCUT2D eigenvalue weighted by atomic mass is 9.73. The predicted molar refractivity (Wildman–Crippen MR) is 117 cm³/mol. The van der Waals surface area contributed by atoms with Crippen molar-refractivity contribution < 1.29 is 0 Å². The Bertz CT molecular complexity index is 414. The zero-order valence-electron chi connectivity index (χ0n) is 16.3. The molecule has 0 atom stereocenters. The minimum atomic E-state index is 0. The predicted octanol–water partition coefficient (Wildman–Crippen LogP) is 2.47. The van der Waals surface area contributed by atoms with Gasteiger partial charge in [0.15, 0.2) is 5.96 Å². The fourth-order valence-electron chi connectivity index (χ4n) is 4.81. The van der Waals surface area contributed by atoms with E-state index in [1.54, 1.807) is 0 Å². The highest BCUT2D eigenvalue weighted by Gasteiger charge is 2.39. The van der Waals surface area contributed by atoms with E-state index in [4.69, 9.17) is 0 Å². The van der Waals surface area contributed by atoms with Gasteiger partial charge in [0.1, 0.15) is 0 Å². The Kier molecular flexibility index (Phi) is 8.75. The lowest BCUT2D eigenvalue weighted by Crippen LogP contribution is -2.49. The fraction of sp³-hybridized carbons (Fsp3) is 0.947. The Morgan fingerprint density at radius 3 is 2.28 bits per heavy atom. The summed E-state index contributed by atoms with van der Waals surface area (Å²) in [6.45, 7) is 12.9. The van der Waals surface area contributed by atoms with Crippen molar-refractivity contribution in [2.75, 3.05) is 66.0 Å². The summed E-state index contributed by atoms with van der Waals surface area (Å²) in [7, 11) is 1.94. The molecular weight excluding hydrogens is 425 g/mol. The van der Waals surface area contributed by atoms with E-state index in [-0.39, 0.29) is 24.0 Å². The van der Waals surface area contributed by atoms with E-state index in [0.717, 1.165) is 19.0 Å². The lowest BCUT2D eigenvalue weighted by molar-refractivity contribution is 0.139. The molecule has 0 aromatic carbocycles. The van der Waals surface area contributed by atoms with E-state index in [1.165, 1.54) is 84.3 Å². The van der Waals surface area contributed by atoms with Gasteiger partial charge in [-0.2, -0.15) is 0 Å². The maximum atomic E-state index is 4.56. The minimum absolute atomic E-state index is 0. The average Bonchev–Trinajstić information content (AvgIpc) is 3.03. The van der Waals surface area contributed by atoms with Crippen LogP contribution in [0.4, 0.5) is 0 Å². The summed E-state index contributed by atoms with van der Waals surface area (Å²) >= 11 is 0. The molecule has 0 aromatic rings. The van der Waals surface area contributed by atoms with Gasteiger partial charge in [0.25, 0.3) is 0 Å². The Balaban J connectivity index is 0.00000225. The zero-order valence-corrected chi connectivity index (χ0v) is 18.6. The summed E-state index contributed by atoms with van der Waals surface area (Å²) < 4.78 is 0. The van der Waals surface area contributed by atoms with Crippen molar-refractivity contribution in [2.24, 2.45) is 10.4 Å². The molecule has 0 aromatic heterocycles. The van der Waals surface area contributed by atoms with E-state index in [9.17, 15) is 0 Å². The number of rotatable bonds is 4. The van der Waals surface area contributed by atoms with E-state index in [0.29, 0.717) is 5.41 Å². The second kappa shape index (κ2) is 10.3. The molecule has 0 bridgehead atoms. The molecule has 0 amide bonds. The molecule has 3 rings (SSSR count). The Hall–Kier alpha value is -0.0800. The number of hydrogen-bond acceptors (Lipinski definition) is 3. The molecule has 0 unspecified atom stereocenters. The molecule has 146 valence electrons. The summed E-state index contributed by atoms with van der Waals surface area (Å²) in [5.41, 5.74) is 0.604. The van der Waals surface area contributed by atoms with Gasteiger partial charge in [-0.1, -0.05) is 26.2 Å². The zero-order chi connectivity index (χ0) is 16.8. The van der Waals surface area contributed by atoms with Crippen LogP contribution in [0.25, 0.3) is 0 Å². The number of aliphatic imine (C=N–C) groups is 1. The third kappa shape index (κ3) is 5.70. The van der Waals surface area contributed by atoms with Crippen LogP contribution in [0.2, 0.25) is 0 Å². The van der Waals surface area contributed by atoms with Gasteiger partial charge in [0.2, 0.25) is 0 Å². The second-order valence-electron chi connectivity index (χ2n) is 7.98. The van der Waals surface area contributed by atoms with Crippen LogP contribution >= 0.6 is 24.0 Å². The van der Waals surface area contributed by atoms with Crippen LogP contribution in [0.15, 0.2) is 4.99 Å². The summed E-state index contributed by atoms with van der Waals surface area (Å²) in [4.78, 5) is 12.2. The number of nitrogens with one attached hydrogen (secondary N) is 1. The van der Waals surface area contributed by atoms with Crippen LogP contribution in [0.5, 0.6) is 0 Å². The molecule has 2 saturated heterocycles. The Morgan fingerprint density at radius 2 is 1.64 bits per heavy atom. The first kappa shape index (κ1) is 21.2. The number of piperazine rings is 1. The van der Waals surface area contributed by atoms with Crippen LogP contribution in [0.1, 0.15) is 45.4 Å². The quantitative estimate of drug-likeness (QED) is 0.395. The van der Waals surface area contributed by atoms with E-state index in [1.807, 2.05) is 7.05 Å². The summed E-state index contributed by atoms with van der Waals surface area (Å²) in [6.07, 6.45) is 8.55. The molecule has 5 nitrogen and oxygen atoms in total. The SMILES string of the molecule is CCN1CCN(CCNC(=NC)N2CCC3(CCCCC3)C2)CC1.I. The first-order chi connectivity index (χ1) is 11.7. The molecular formula is C19H38IN5. The third-order valence-electron chi connectivity index (χ3n) is 6.49. The average molecular weight is 463 g/mol. The molecule has 25 heavy (non-hydrogen) atoms. The molecule has 1 saturated carbocycles. The first-order valence-corrected chi connectivity index (χ1v) is 10.1. The molecule has 2 aliphatic heterocycles. The molecule has 1 spiro atoms. The number of nitrogens with zero attached hydrogens (tertiary/aromatic N) is 4. The molecule has 1 N–H and O–H groups in total. The minimum Gasteiger partial charge on any atom is -0.355 e. The number of halogens is 1. The maximum Gasteiger partial charge on any atom is 0.193 e. The number of guanidine groups is 1. The smallest absolute Gasteiger partial charge is 0.193 e. The summed E-state index contributed by atoms with van der Waals surface area (Å²) in [5, 5.41) is 3.63. The van der Waals surface area contributed by atoms with Crippen molar-refractivity contribution in [2.45, 2.75) is 45.4 Å². The van der Waals surface area contributed by atoms with Gasteiger partial charge in [0, 0.05) is 59.4 Å². The van der Waals surface area contributed by atoms with Crippen LogP contribution in [-0.4, -0.2) is 86.6 Å². The van der Waals surface area contributed by atoms with Crippen molar-refractivity contribution >= 4 is 29.9 Å². The monoisotopic (exact) mass is 463 g/mol. The second-order valence-corrected chi connectivity index (χ2v) is 7.98. The first-order valence-electron chi connectivity index (χ1n) is 10.1. The van der Waals surface area contributed by atoms with Gasteiger partial charge < -0.3 is 15.1 Å². The van der Waals surface area contributed by atoms with Crippen LogP contribution < -0.4 is 5.32 Å². The van der Waals surface area contributed by atoms with Crippen molar-refractivity contribution in [1.82, 2.24) is 20.0 Å². The highest BCUT2D eigenvalue weighted by Crippen LogP contribution is 2.43. The van der Waals surface area contributed by atoms with Gasteiger partial charge in [-0.3, -0.25) is 9.89 Å². The van der Waals surface area contributed by atoms with Crippen LogP contribution in [-0.2, 0) is 0 Å². The number of likely N-dealkylation sites (tertiary alicyclic amines) is 1. The lowest BCUT2D eigenvalue weighted by Gasteiger charge is -2.35. The van der Waals surface area contributed by atoms with Gasteiger partial charge in [-0.15, -0.1) is 24.0 Å². The van der Waals surface area contributed by atoms with Crippen molar-refractivity contribution in [3.8, 4) is 0 Å². The van der Waals surface area contributed by atoms with Crippen molar-refractivity contribution in [3.05, 3.63) is 0 Å². The third-order valence-corrected chi connectivity index (χ3v) is 6.49.